The molecule has 0 spiro atoms. The van der Waals surface area contributed by atoms with E-state index in [0.717, 1.165) is 38.5 Å². The van der Waals surface area contributed by atoms with Gasteiger partial charge in [0.25, 0.3) is 0 Å². The van der Waals surface area contributed by atoms with E-state index in [1.165, 1.54) is 38.6 Å². The van der Waals surface area contributed by atoms with Crippen molar-refractivity contribution in [2.75, 3.05) is 32.7 Å². The summed E-state index contributed by atoms with van der Waals surface area (Å²) >= 11 is 0. The van der Waals surface area contributed by atoms with E-state index < -0.39 is 5.60 Å². The van der Waals surface area contributed by atoms with E-state index in [2.05, 4.69) is 24.1 Å². The molecule has 1 saturated heterocycles. The molecule has 2 N–H and O–H groups in total. The zero-order valence-corrected chi connectivity index (χ0v) is 13.7. The fourth-order valence-electron chi connectivity index (χ4n) is 3.94. The fraction of sp³-hybridized carbons (Fsp3) is 1.00. The minimum absolute atomic E-state index is 0.447. The predicted octanol–water partition coefficient (Wildman–Crippen LogP) is 2.64. The first-order valence-electron chi connectivity index (χ1n) is 8.60. The predicted molar refractivity (Wildman–Crippen MR) is 84.9 cm³/mol. The van der Waals surface area contributed by atoms with Crippen molar-refractivity contribution in [3.05, 3.63) is 0 Å². The molecule has 0 aromatic carbocycles. The third-order valence-corrected chi connectivity index (χ3v) is 5.35. The number of aliphatic hydroxyl groups is 1. The van der Waals surface area contributed by atoms with Gasteiger partial charge in [0, 0.05) is 26.2 Å². The van der Waals surface area contributed by atoms with Crippen LogP contribution in [0.5, 0.6) is 0 Å². The van der Waals surface area contributed by atoms with Crippen LogP contribution in [0, 0.1) is 11.3 Å². The summed E-state index contributed by atoms with van der Waals surface area (Å²) in [4.78, 5) is 2.50. The molecule has 3 heteroatoms. The number of likely N-dealkylation sites (tertiary alicyclic amines) is 1. The Hall–Kier alpha value is -0.120. The van der Waals surface area contributed by atoms with Crippen molar-refractivity contribution >= 4 is 0 Å². The first-order valence-corrected chi connectivity index (χ1v) is 8.60. The van der Waals surface area contributed by atoms with Crippen LogP contribution in [-0.2, 0) is 0 Å². The minimum Gasteiger partial charge on any atom is -0.389 e. The highest BCUT2D eigenvalue weighted by molar-refractivity contribution is 4.94. The number of nitrogens with zero attached hydrogens (tertiary/aromatic N) is 1. The smallest absolute Gasteiger partial charge is 0.0758 e. The number of hydrogen-bond donors (Lipinski definition) is 2. The van der Waals surface area contributed by atoms with Gasteiger partial charge in [0.05, 0.1) is 5.60 Å². The van der Waals surface area contributed by atoms with Gasteiger partial charge in [-0.05, 0) is 50.5 Å². The summed E-state index contributed by atoms with van der Waals surface area (Å²) in [5.41, 5.74) is -0.0118. The van der Waals surface area contributed by atoms with E-state index in [4.69, 9.17) is 0 Å². The average Bonchev–Trinajstić information content (AvgIpc) is 2.73. The van der Waals surface area contributed by atoms with E-state index in [1.807, 2.05) is 6.92 Å². The molecule has 1 atom stereocenters. The Balaban J connectivity index is 1.92. The maximum absolute atomic E-state index is 10.2. The molecule has 118 valence electrons. The molecule has 0 amide bonds. The van der Waals surface area contributed by atoms with E-state index in [-0.39, 0.29) is 0 Å². The normalized spacial score (nSPS) is 39.3. The highest BCUT2D eigenvalue weighted by atomic mass is 16.3. The van der Waals surface area contributed by atoms with Gasteiger partial charge in [0.1, 0.15) is 0 Å². The van der Waals surface area contributed by atoms with Crippen molar-refractivity contribution in [2.45, 2.75) is 64.9 Å². The lowest BCUT2D eigenvalue weighted by molar-refractivity contribution is 0.0504. The lowest BCUT2D eigenvalue weighted by Crippen LogP contribution is -2.46. The van der Waals surface area contributed by atoms with Crippen molar-refractivity contribution in [3.8, 4) is 0 Å². The largest absolute Gasteiger partial charge is 0.389 e. The van der Waals surface area contributed by atoms with Crippen LogP contribution in [0.25, 0.3) is 0 Å². The highest BCUT2D eigenvalue weighted by Gasteiger charge is 2.39. The van der Waals surface area contributed by atoms with E-state index in [1.54, 1.807) is 0 Å². The quantitative estimate of drug-likeness (QED) is 0.735. The second kappa shape index (κ2) is 6.76. The first kappa shape index (κ1) is 16.3. The molecule has 1 aliphatic heterocycles. The van der Waals surface area contributed by atoms with Crippen molar-refractivity contribution in [1.82, 2.24) is 10.2 Å². The molecule has 0 bridgehead atoms. The van der Waals surface area contributed by atoms with Gasteiger partial charge in [0.2, 0.25) is 0 Å². The molecule has 1 saturated carbocycles. The van der Waals surface area contributed by atoms with Crippen molar-refractivity contribution in [3.63, 3.8) is 0 Å². The molecule has 0 radical (unpaired) electrons. The molecular formula is C17H34N2O. The summed E-state index contributed by atoms with van der Waals surface area (Å²) in [6.45, 7) is 12.0. The van der Waals surface area contributed by atoms with Gasteiger partial charge in [-0.2, -0.15) is 0 Å². The second-order valence-corrected chi connectivity index (χ2v) is 7.82. The maximum Gasteiger partial charge on any atom is 0.0758 e. The molecule has 2 aliphatic rings. The molecule has 2 fully saturated rings. The SMILES string of the molecule is CCCNCC1(CN2CCC(C)(O)C2)CCC(C)CC1. The third kappa shape index (κ3) is 4.44. The number of β-amino-alcohol motifs (C(OH)–C–C–N with tert-alkyl or cyclic N) is 1. The second-order valence-electron chi connectivity index (χ2n) is 7.82. The summed E-state index contributed by atoms with van der Waals surface area (Å²) in [5, 5.41) is 13.8. The Labute approximate surface area is 125 Å². The standard InChI is InChI=1S/C17H34N2O/c1-4-10-18-12-17(7-5-15(2)6-8-17)14-19-11-9-16(3,20)13-19/h15,18,20H,4-14H2,1-3H3. The van der Waals surface area contributed by atoms with Gasteiger partial charge >= 0.3 is 0 Å². The van der Waals surface area contributed by atoms with Crippen LogP contribution in [0.1, 0.15) is 59.3 Å². The molecule has 0 aromatic rings. The van der Waals surface area contributed by atoms with Gasteiger partial charge in [-0.1, -0.05) is 26.7 Å². The molecule has 0 aromatic heterocycles. The Morgan fingerprint density at radius 3 is 2.50 bits per heavy atom. The van der Waals surface area contributed by atoms with E-state index in [0.29, 0.717) is 5.41 Å². The lowest BCUT2D eigenvalue weighted by atomic mass is 9.70. The number of nitrogens with one attached hydrogen (secondary N) is 1. The van der Waals surface area contributed by atoms with Crippen LogP contribution in [-0.4, -0.2) is 48.3 Å². The Morgan fingerprint density at radius 2 is 1.95 bits per heavy atom. The third-order valence-electron chi connectivity index (χ3n) is 5.35. The van der Waals surface area contributed by atoms with Gasteiger partial charge in [-0.15, -0.1) is 0 Å². The topological polar surface area (TPSA) is 35.5 Å². The van der Waals surface area contributed by atoms with Crippen molar-refractivity contribution < 1.29 is 5.11 Å². The molecular weight excluding hydrogens is 248 g/mol. The van der Waals surface area contributed by atoms with Crippen LogP contribution in [0.15, 0.2) is 0 Å². The monoisotopic (exact) mass is 282 g/mol. The molecule has 20 heavy (non-hydrogen) atoms. The van der Waals surface area contributed by atoms with Gasteiger partial charge in [0.15, 0.2) is 0 Å². The minimum atomic E-state index is -0.458. The van der Waals surface area contributed by atoms with E-state index >= 15 is 0 Å². The Bertz CT molecular complexity index is 295. The van der Waals surface area contributed by atoms with Crippen LogP contribution in [0.2, 0.25) is 0 Å². The molecule has 1 heterocycles. The first-order chi connectivity index (χ1) is 9.45. The Kier molecular flexibility index (Phi) is 5.49. The number of rotatable bonds is 6. The van der Waals surface area contributed by atoms with Gasteiger partial charge in [-0.3, -0.25) is 4.90 Å². The molecule has 3 nitrogen and oxygen atoms in total. The highest BCUT2D eigenvalue weighted by Crippen LogP contribution is 2.40. The fourth-order valence-corrected chi connectivity index (χ4v) is 3.94. The zero-order valence-electron chi connectivity index (χ0n) is 13.7. The summed E-state index contributed by atoms with van der Waals surface area (Å²) in [7, 11) is 0. The zero-order chi connectivity index (χ0) is 14.6. The summed E-state index contributed by atoms with van der Waals surface area (Å²) in [6.07, 6.45) is 7.59. The maximum atomic E-state index is 10.2. The van der Waals surface area contributed by atoms with E-state index in [9.17, 15) is 5.11 Å². The summed E-state index contributed by atoms with van der Waals surface area (Å²) < 4.78 is 0. The summed E-state index contributed by atoms with van der Waals surface area (Å²) in [5.74, 6) is 0.899. The van der Waals surface area contributed by atoms with Crippen molar-refractivity contribution in [2.24, 2.45) is 11.3 Å². The number of hydrogen-bond acceptors (Lipinski definition) is 3. The Morgan fingerprint density at radius 1 is 1.25 bits per heavy atom. The van der Waals surface area contributed by atoms with Gasteiger partial charge < -0.3 is 10.4 Å². The summed E-state index contributed by atoms with van der Waals surface area (Å²) in [6, 6.07) is 0. The molecule has 1 unspecified atom stereocenters. The average molecular weight is 282 g/mol. The van der Waals surface area contributed by atoms with Crippen LogP contribution >= 0.6 is 0 Å². The molecule has 1 aliphatic carbocycles. The van der Waals surface area contributed by atoms with Crippen LogP contribution < -0.4 is 5.32 Å². The van der Waals surface area contributed by atoms with Crippen LogP contribution in [0.4, 0.5) is 0 Å². The van der Waals surface area contributed by atoms with Crippen LogP contribution in [0.3, 0.4) is 0 Å². The van der Waals surface area contributed by atoms with Crippen molar-refractivity contribution in [1.29, 1.82) is 0 Å². The molecule has 2 rings (SSSR count). The van der Waals surface area contributed by atoms with Gasteiger partial charge in [-0.25, -0.2) is 0 Å². The lowest BCUT2D eigenvalue weighted by Gasteiger charge is -2.42.